The number of anilines is 1. The number of hydrogen-bond donors (Lipinski definition) is 1. The van der Waals surface area contributed by atoms with Gasteiger partial charge in [-0.05, 0) is 38.1 Å². The van der Waals surface area contributed by atoms with E-state index in [4.69, 9.17) is 5.73 Å². The zero-order valence-corrected chi connectivity index (χ0v) is 11.2. The second-order valence-corrected chi connectivity index (χ2v) is 4.35. The van der Waals surface area contributed by atoms with Crippen molar-refractivity contribution in [3.05, 3.63) is 28.8 Å². The summed E-state index contributed by atoms with van der Waals surface area (Å²) in [5.74, 6) is 0.151. The van der Waals surface area contributed by atoms with E-state index in [1.807, 2.05) is 26.0 Å². The van der Waals surface area contributed by atoms with Crippen molar-refractivity contribution in [3.8, 4) is 0 Å². The molecule has 0 fully saturated rings. The van der Waals surface area contributed by atoms with Crippen LogP contribution in [0.2, 0.25) is 0 Å². The second-order valence-electron chi connectivity index (χ2n) is 4.35. The van der Waals surface area contributed by atoms with Gasteiger partial charge in [-0.2, -0.15) is 0 Å². The Bertz CT molecular complexity index is 409. The van der Waals surface area contributed by atoms with Crippen molar-refractivity contribution in [2.75, 3.05) is 25.4 Å². The van der Waals surface area contributed by atoms with Crippen LogP contribution in [0.25, 0.3) is 0 Å². The molecule has 0 radical (unpaired) electrons. The first-order chi connectivity index (χ1) is 8.01. The lowest BCUT2D eigenvalue weighted by molar-refractivity contribution is 0.0937. The summed E-state index contributed by atoms with van der Waals surface area (Å²) in [5.41, 5.74) is 9.37. The molecule has 0 amide bonds. The molecule has 0 saturated heterocycles. The van der Waals surface area contributed by atoms with Gasteiger partial charge in [0, 0.05) is 11.3 Å². The summed E-state index contributed by atoms with van der Waals surface area (Å²) in [7, 11) is 0. The monoisotopic (exact) mass is 234 g/mol. The van der Waals surface area contributed by atoms with Gasteiger partial charge in [-0.15, -0.1) is 0 Å². The first-order valence-electron chi connectivity index (χ1n) is 6.12. The van der Waals surface area contributed by atoms with E-state index in [9.17, 15) is 4.79 Å². The van der Waals surface area contributed by atoms with Crippen LogP contribution in [0.15, 0.2) is 12.1 Å². The van der Waals surface area contributed by atoms with Gasteiger partial charge < -0.3 is 5.73 Å². The highest BCUT2D eigenvalue weighted by Crippen LogP contribution is 2.20. The van der Waals surface area contributed by atoms with E-state index in [-0.39, 0.29) is 5.78 Å². The van der Waals surface area contributed by atoms with Crippen LogP contribution in [0.1, 0.15) is 35.3 Å². The van der Waals surface area contributed by atoms with Crippen molar-refractivity contribution in [1.29, 1.82) is 0 Å². The minimum absolute atomic E-state index is 0.151. The zero-order valence-electron chi connectivity index (χ0n) is 11.2. The molecule has 17 heavy (non-hydrogen) atoms. The van der Waals surface area contributed by atoms with Crippen molar-refractivity contribution >= 4 is 11.5 Å². The lowest BCUT2D eigenvalue weighted by Gasteiger charge is -2.18. The third-order valence-electron chi connectivity index (χ3n) is 3.29. The number of nitrogens with two attached hydrogens (primary N) is 1. The molecule has 0 aliphatic rings. The number of benzene rings is 1. The van der Waals surface area contributed by atoms with Crippen LogP contribution in [0.4, 0.5) is 5.69 Å². The van der Waals surface area contributed by atoms with Crippen LogP contribution in [0.3, 0.4) is 0 Å². The Kier molecular flexibility index (Phi) is 4.70. The van der Waals surface area contributed by atoms with Crippen LogP contribution >= 0.6 is 0 Å². The fraction of sp³-hybridized carbons (Fsp3) is 0.500. The average molecular weight is 234 g/mol. The van der Waals surface area contributed by atoms with Gasteiger partial charge in [-0.1, -0.05) is 26.0 Å². The molecule has 0 spiro atoms. The maximum Gasteiger partial charge on any atom is 0.177 e. The molecule has 0 bridgehead atoms. The summed E-state index contributed by atoms with van der Waals surface area (Å²) in [6.07, 6.45) is 0. The second kappa shape index (κ2) is 5.82. The summed E-state index contributed by atoms with van der Waals surface area (Å²) < 4.78 is 0. The first kappa shape index (κ1) is 13.7. The molecule has 1 aromatic carbocycles. The standard InChI is InChI=1S/C14H22N2O/c1-5-16(6-2)9-13(17)12-8-7-10(3)14(15)11(12)4/h7-8H,5-6,9,15H2,1-4H3. The molecule has 3 heteroatoms. The molecular formula is C14H22N2O. The molecule has 0 aliphatic carbocycles. The lowest BCUT2D eigenvalue weighted by atomic mass is 9.99. The van der Waals surface area contributed by atoms with Crippen molar-refractivity contribution in [2.24, 2.45) is 0 Å². The highest BCUT2D eigenvalue weighted by atomic mass is 16.1. The topological polar surface area (TPSA) is 46.3 Å². The fourth-order valence-electron chi connectivity index (χ4n) is 1.90. The number of carbonyl (C=O) groups is 1. The van der Waals surface area contributed by atoms with Crippen LogP contribution in [-0.4, -0.2) is 30.3 Å². The van der Waals surface area contributed by atoms with E-state index in [1.54, 1.807) is 0 Å². The molecule has 0 atom stereocenters. The van der Waals surface area contributed by atoms with Gasteiger partial charge in [0.05, 0.1) is 6.54 Å². The smallest absolute Gasteiger partial charge is 0.177 e. The Morgan fingerprint density at radius 2 is 1.82 bits per heavy atom. The highest BCUT2D eigenvalue weighted by molar-refractivity contribution is 6.00. The van der Waals surface area contributed by atoms with Gasteiger partial charge in [0.2, 0.25) is 0 Å². The SMILES string of the molecule is CCN(CC)CC(=O)c1ccc(C)c(N)c1C. The van der Waals surface area contributed by atoms with Gasteiger partial charge in [-0.3, -0.25) is 9.69 Å². The van der Waals surface area contributed by atoms with Crippen LogP contribution < -0.4 is 5.73 Å². The quantitative estimate of drug-likeness (QED) is 0.628. The minimum Gasteiger partial charge on any atom is -0.398 e. The highest BCUT2D eigenvalue weighted by Gasteiger charge is 2.14. The molecule has 94 valence electrons. The molecule has 3 nitrogen and oxygen atoms in total. The summed E-state index contributed by atoms with van der Waals surface area (Å²) >= 11 is 0. The summed E-state index contributed by atoms with van der Waals surface area (Å²) in [6, 6.07) is 3.80. The predicted molar refractivity (Wildman–Crippen MR) is 72.4 cm³/mol. The first-order valence-corrected chi connectivity index (χ1v) is 6.12. The summed E-state index contributed by atoms with van der Waals surface area (Å²) in [5, 5.41) is 0. The normalized spacial score (nSPS) is 10.9. The third kappa shape index (κ3) is 3.07. The van der Waals surface area contributed by atoms with E-state index in [0.717, 1.165) is 35.5 Å². The van der Waals surface area contributed by atoms with Crippen molar-refractivity contribution < 1.29 is 4.79 Å². The molecule has 0 unspecified atom stereocenters. The number of likely N-dealkylation sites (N-methyl/N-ethyl adjacent to an activating group) is 1. The van der Waals surface area contributed by atoms with E-state index in [0.29, 0.717) is 6.54 Å². The van der Waals surface area contributed by atoms with E-state index in [2.05, 4.69) is 18.7 Å². The van der Waals surface area contributed by atoms with E-state index < -0.39 is 0 Å². The lowest BCUT2D eigenvalue weighted by Crippen LogP contribution is -2.29. The van der Waals surface area contributed by atoms with Gasteiger partial charge in [0.15, 0.2) is 5.78 Å². The molecule has 0 saturated carbocycles. The van der Waals surface area contributed by atoms with Crippen molar-refractivity contribution in [3.63, 3.8) is 0 Å². The molecule has 0 heterocycles. The van der Waals surface area contributed by atoms with Gasteiger partial charge in [-0.25, -0.2) is 0 Å². The Labute approximate surface area is 104 Å². The molecule has 1 rings (SSSR count). The average Bonchev–Trinajstić information content (AvgIpc) is 2.32. The van der Waals surface area contributed by atoms with Crippen LogP contribution in [0, 0.1) is 13.8 Å². The van der Waals surface area contributed by atoms with Crippen LogP contribution in [-0.2, 0) is 0 Å². The zero-order chi connectivity index (χ0) is 13.0. The molecule has 0 aliphatic heterocycles. The summed E-state index contributed by atoms with van der Waals surface area (Å²) in [6.45, 7) is 10.3. The maximum absolute atomic E-state index is 12.2. The number of nitrogen functional groups attached to an aromatic ring is 1. The molecule has 0 aromatic heterocycles. The Morgan fingerprint density at radius 1 is 1.24 bits per heavy atom. The number of ketones is 1. The fourth-order valence-corrected chi connectivity index (χ4v) is 1.90. The van der Waals surface area contributed by atoms with Gasteiger partial charge in [0.1, 0.15) is 0 Å². The Hall–Kier alpha value is -1.35. The Balaban J connectivity index is 2.93. The van der Waals surface area contributed by atoms with Gasteiger partial charge >= 0.3 is 0 Å². The van der Waals surface area contributed by atoms with Gasteiger partial charge in [0.25, 0.3) is 0 Å². The number of hydrogen-bond acceptors (Lipinski definition) is 3. The van der Waals surface area contributed by atoms with E-state index in [1.165, 1.54) is 0 Å². The maximum atomic E-state index is 12.2. The third-order valence-corrected chi connectivity index (χ3v) is 3.29. The summed E-state index contributed by atoms with van der Waals surface area (Å²) in [4.78, 5) is 14.3. The van der Waals surface area contributed by atoms with Crippen molar-refractivity contribution in [2.45, 2.75) is 27.7 Å². The minimum atomic E-state index is 0.151. The molecular weight excluding hydrogens is 212 g/mol. The predicted octanol–water partition coefficient (Wildman–Crippen LogP) is 2.41. The molecule has 1 aromatic rings. The number of nitrogens with zero attached hydrogens (tertiary/aromatic N) is 1. The number of Topliss-reactive ketones (excluding diaryl/α,β-unsaturated/α-hetero) is 1. The number of aryl methyl sites for hydroxylation is 1. The largest absolute Gasteiger partial charge is 0.398 e. The number of rotatable bonds is 5. The van der Waals surface area contributed by atoms with E-state index >= 15 is 0 Å². The van der Waals surface area contributed by atoms with Crippen molar-refractivity contribution in [1.82, 2.24) is 4.90 Å². The van der Waals surface area contributed by atoms with Crippen LogP contribution in [0.5, 0.6) is 0 Å². The number of carbonyl (C=O) groups excluding carboxylic acids is 1. The molecule has 2 N–H and O–H groups in total. The Morgan fingerprint density at radius 3 is 2.35 bits per heavy atom.